The molecule has 4 nitrogen and oxygen atoms in total. The molecule has 0 aliphatic rings. The molecule has 0 amide bonds. The van der Waals surface area contributed by atoms with Crippen molar-refractivity contribution in [1.29, 1.82) is 0 Å². The van der Waals surface area contributed by atoms with Crippen LogP contribution in [0.25, 0.3) is 0 Å². The Labute approximate surface area is 149 Å². The van der Waals surface area contributed by atoms with Crippen molar-refractivity contribution < 1.29 is 8.42 Å². The molecular formula is C18H22N2O2S2. The lowest BCUT2D eigenvalue weighted by Crippen LogP contribution is -2.37. The van der Waals surface area contributed by atoms with Crippen LogP contribution in [0, 0.1) is 0 Å². The van der Waals surface area contributed by atoms with Crippen molar-refractivity contribution in [2.45, 2.75) is 24.3 Å². The molecule has 24 heavy (non-hydrogen) atoms. The minimum atomic E-state index is -3.17. The molecule has 2 aromatic rings. The highest BCUT2D eigenvalue weighted by molar-refractivity contribution is 7.90. The van der Waals surface area contributed by atoms with Crippen LogP contribution in [0.5, 0.6) is 0 Å². The third kappa shape index (κ3) is 5.62. The van der Waals surface area contributed by atoms with Crippen LogP contribution >= 0.6 is 12.2 Å². The van der Waals surface area contributed by atoms with E-state index in [4.69, 9.17) is 12.2 Å². The first-order chi connectivity index (χ1) is 11.4. The lowest BCUT2D eigenvalue weighted by molar-refractivity contribution is 0.601. The molecule has 0 saturated carbocycles. The third-order valence-corrected chi connectivity index (χ3v) is 5.09. The van der Waals surface area contributed by atoms with Gasteiger partial charge in [-0.25, -0.2) is 8.42 Å². The van der Waals surface area contributed by atoms with Gasteiger partial charge in [0.25, 0.3) is 0 Å². The van der Waals surface area contributed by atoms with Gasteiger partial charge < -0.3 is 10.6 Å². The molecule has 0 radical (unpaired) electrons. The summed E-state index contributed by atoms with van der Waals surface area (Å²) in [5.41, 5.74) is 2.24. The normalized spacial score (nSPS) is 12.4. The number of rotatable bonds is 6. The van der Waals surface area contributed by atoms with Crippen LogP contribution in [-0.4, -0.2) is 26.3 Å². The van der Waals surface area contributed by atoms with E-state index in [2.05, 4.69) is 22.8 Å². The van der Waals surface area contributed by atoms with Crippen LogP contribution < -0.4 is 10.6 Å². The van der Waals surface area contributed by atoms with Crippen molar-refractivity contribution >= 4 is 27.2 Å². The van der Waals surface area contributed by atoms with Gasteiger partial charge in [-0.3, -0.25) is 0 Å². The average Bonchev–Trinajstić information content (AvgIpc) is 2.55. The molecule has 0 unspecified atom stereocenters. The van der Waals surface area contributed by atoms with Crippen LogP contribution in [0.1, 0.15) is 24.1 Å². The number of thiocarbonyl (C=S) groups is 1. The monoisotopic (exact) mass is 362 g/mol. The van der Waals surface area contributed by atoms with Gasteiger partial charge in [0.15, 0.2) is 14.9 Å². The average molecular weight is 363 g/mol. The fraction of sp³-hybridized carbons (Fsp3) is 0.278. The number of sulfone groups is 1. The van der Waals surface area contributed by atoms with Crippen molar-refractivity contribution in [3.63, 3.8) is 0 Å². The zero-order chi connectivity index (χ0) is 17.6. The molecule has 0 spiro atoms. The van der Waals surface area contributed by atoms with Crippen molar-refractivity contribution in [2.24, 2.45) is 0 Å². The number of benzene rings is 2. The van der Waals surface area contributed by atoms with E-state index in [1.807, 2.05) is 25.1 Å². The Morgan fingerprint density at radius 3 is 2.29 bits per heavy atom. The molecule has 0 bridgehead atoms. The van der Waals surface area contributed by atoms with E-state index in [-0.39, 0.29) is 6.04 Å². The summed E-state index contributed by atoms with van der Waals surface area (Å²) in [7, 11) is -3.17. The Balaban J connectivity index is 1.83. The maximum Gasteiger partial charge on any atom is 0.175 e. The highest BCUT2D eigenvalue weighted by Gasteiger charge is 2.10. The summed E-state index contributed by atoms with van der Waals surface area (Å²) in [4.78, 5) is 0.321. The van der Waals surface area contributed by atoms with Crippen LogP contribution in [0.3, 0.4) is 0 Å². The maximum absolute atomic E-state index is 11.5. The van der Waals surface area contributed by atoms with E-state index in [9.17, 15) is 8.42 Å². The fourth-order valence-electron chi connectivity index (χ4n) is 2.30. The maximum atomic E-state index is 11.5. The Morgan fingerprint density at radius 2 is 1.71 bits per heavy atom. The lowest BCUT2D eigenvalue weighted by Gasteiger charge is -2.17. The Bertz CT molecular complexity index is 772. The molecule has 0 fully saturated rings. The minimum absolute atomic E-state index is 0.00432. The largest absolute Gasteiger partial charge is 0.362 e. The second-order valence-electron chi connectivity index (χ2n) is 5.70. The summed E-state index contributed by atoms with van der Waals surface area (Å²) >= 11 is 5.31. The molecule has 2 aromatic carbocycles. The van der Waals surface area contributed by atoms with E-state index in [1.165, 1.54) is 11.8 Å². The van der Waals surface area contributed by atoms with Gasteiger partial charge in [0.05, 0.1) is 10.9 Å². The topological polar surface area (TPSA) is 58.2 Å². The standard InChI is InChI=1S/C18H22N2O2S2/c1-14(16-8-10-17(11-9-16)24(2,21)22)20-18(23)19-13-12-15-6-4-3-5-7-15/h3-11,14H,12-13H2,1-2H3,(H2,19,20,23)/t14-/m0/s1. The zero-order valence-corrected chi connectivity index (χ0v) is 15.5. The van der Waals surface area contributed by atoms with E-state index >= 15 is 0 Å². The first-order valence-electron chi connectivity index (χ1n) is 7.74. The van der Waals surface area contributed by atoms with Crippen LogP contribution in [-0.2, 0) is 16.3 Å². The summed E-state index contributed by atoms with van der Waals surface area (Å²) in [6.07, 6.45) is 2.11. The van der Waals surface area contributed by atoms with Crippen LogP contribution in [0.15, 0.2) is 59.5 Å². The highest BCUT2D eigenvalue weighted by Crippen LogP contribution is 2.16. The quantitative estimate of drug-likeness (QED) is 0.774. The second kappa shape index (κ2) is 8.26. The van der Waals surface area contributed by atoms with Gasteiger partial charge in [0.1, 0.15) is 0 Å². The summed E-state index contributed by atoms with van der Waals surface area (Å²) in [6.45, 7) is 2.75. The highest BCUT2D eigenvalue weighted by atomic mass is 32.2. The van der Waals surface area contributed by atoms with Crippen LogP contribution in [0.4, 0.5) is 0 Å². The van der Waals surface area contributed by atoms with E-state index in [0.717, 1.165) is 18.5 Å². The summed E-state index contributed by atoms with van der Waals surface area (Å²) in [5, 5.41) is 6.99. The van der Waals surface area contributed by atoms with Crippen molar-refractivity contribution in [2.75, 3.05) is 12.8 Å². The van der Waals surface area contributed by atoms with Gasteiger partial charge in [-0.15, -0.1) is 0 Å². The SMILES string of the molecule is C[C@H](NC(=S)NCCc1ccccc1)c1ccc(S(C)(=O)=O)cc1. The number of nitrogens with one attached hydrogen (secondary N) is 2. The van der Waals surface area contributed by atoms with Gasteiger partial charge in [-0.05, 0) is 48.8 Å². The number of hydrogen-bond donors (Lipinski definition) is 2. The minimum Gasteiger partial charge on any atom is -0.362 e. The molecule has 0 aromatic heterocycles. The summed E-state index contributed by atoms with van der Waals surface area (Å²) in [6, 6.07) is 17.1. The van der Waals surface area contributed by atoms with Gasteiger partial charge in [-0.2, -0.15) is 0 Å². The molecular weight excluding hydrogens is 340 g/mol. The van der Waals surface area contributed by atoms with E-state index in [1.54, 1.807) is 24.3 Å². The van der Waals surface area contributed by atoms with E-state index in [0.29, 0.717) is 10.0 Å². The molecule has 0 aliphatic heterocycles. The van der Waals surface area contributed by atoms with Gasteiger partial charge in [-0.1, -0.05) is 42.5 Å². The zero-order valence-electron chi connectivity index (χ0n) is 13.8. The molecule has 0 heterocycles. The second-order valence-corrected chi connectivity index (χ2v) is 8.12. The Morgan fingerprint density at radius 1 is 1.08 bits per heavy atom. The molecule has 2 rings (SSSR count). The Kier molecular flexibility index (Phi) is 6.34. The number of hydrogen-bond acceptors (Lipinski definition) is 3. The predicted octanol–water partition coefficient (Wildman–Crippen LogP) is 2.86. The molecule has 1 atom stereocenters. The summed E-state index contributed by atoms with van der Waals surface area (Å²) < 4.78 is 23.0. The van der Waals surface area contributed by atoms with Gasteiger partial charge in [0.2, 0.25) is 0 Å². The fourth-order valence-corrected chi connectivity index (χ4v) is 3.21. The molecule has 2 N–H and O–H groups in total. The first kappa shape index (κ1) is 18.4. The van der Waals surface area contributed by atoms with Crippen molar-refractivity contribution in [1.82, 2.24) is 10.6 Å². The van der Waals surface area contributed by atoms with Crippen LogP contribution in [0.2, 0.25) is 0 Å². The predicted molar refractivity (Wildman–Crippen MR) is 102 cm³/mol. The van der Waals surface area contributed by atoms with E-state index < -0.39 is 9.84 Å². The lowest BCUT2D eigenvalue weighted by atomic mass is 10.1. The molecule has 0 aliphatic carbocycles. The van der Waals surface area contributed by atoms with Gasteiger partial charge >= 0.3 is 0 Å². The van der Waals surface area contributed by atoms with Gasteiger partial charge in [0, 0.05) is 12.8 Å². The first-order valence-corrected chi connectivity index (χ1v) is 10.0. The van der Waals surface area contributed by atoms with Crippen molar-refractivity contribution in [3.05, 3.63) is 65.7 Å². The Hall–Kier alpha value is -1.92. The third-order valence-electron chi connectivity index (χ3n) is 3.70. The summed E-state index contributed by atoms with van der Waals surface area (Å²) in [5.74, 6) is 0. The molecule has 6 heteroatoms. The smallest absolute Gasteiger partial charge is 0.175 e. The van der Waals surface area contributed by atoms with Crippen molar-refractivity contribution in [3.8, 4) is 0 Å². The molecule has 0 saturated heterocycles. The molecule has 128 valence electrons.